The standard InChI is InChI=1S/C9H17N3/c1-2-3-4-11-5-7-12(9-10)8-6-11/h1H,3-10H2. The smallest absolute Gasteiger partial charge is 0.0456 e. The van der Waals surface area contributed by atoms with Gasteiger partial charge in [0, 0.05) is 45.8 Å². The average molecular weight is 167 g/mol. The number of nitrogens with two attached hydrogens (primary N) is 1. The predicted molar refractivity (Wildman–Crippen MR) is 50.5 cm³/mol. The van der Waals surface area contributed by atoms with Crippen LogP contribution in [0.4, 0.5) is 0 Å². The molecule has 0 aromatic rings. The van der Waals surface area contributed by atoms with Crippen LogP contribution in [0.3, 0.4) is 0 Å². The largest absolute Gasteiger partial charge is 0.318 e. The first-order valence-electron chi connectivity index (χ1n) is 4.45. The molecule has 0 radical (unpaired) electrons. The molecular weight excluding hydrogens is 150 g/mol. The van der Waals surface area contributed by atoms with E-state index in [1.165, 1.54) is 0 Å². The molecule has 0 aliphatic carbocycles. The quantitative estimate of drug-likeness (QED) is 0.578. The van der Waals surface area contributed by atoms with Gasteiger partial charge in [0.1, 0.15) is 0 Å². The lowest BCUT2D eigenvalue weighted by molar-refractivity contribution is 0.137. The van der Waals surface area contributed by atoms with Crippen LogP contribution in [-0.2, 0) is 0 Å². The Hall–Kier alpha value is -0.560. The van der Waals surface area contributed by atoms with Gasteiger partial charge in [-0.05, 0) is 0 Å². The molecule has 1 aliphatic heterocycles. The number of terminal acetylenes is 1. The van der Waals surface area contributed by atoms with Gasteiger partial charge in [0.05, 0.1) is 0 Å². The van der Waals surface area contributed by atoms with E-state index in [4.69, 9.17) is 12.2 Å². The van der Waals surface area contributed by atoms with Crippen LogP contribution in [0.5, 0.6) is 0 Å². The van der Waals surface area contributed by atoms with Crippen molar-refractivity contribution in [2.45, 2.75) is 6.42 Å². The van der Waals surface area contributed by atoms with E-state index in [1.54, 1.807) is 0 Å². The molecule has 0 atom stereocenters. The van der Waals surface area contributed by atoms with Crippen LogP contribution in [0.1, 0.15) is 6.42 Å². The summed E-state index contributed by atoms with van der Waals surface area (Å²) in [6.45, 7) is 6.11. The summed E-state index contributed by atoms with van der Waals surface area (Å²) >= 11 is 0. The van der Waals surface area contributed by atoms with Crippen molar-refractivity contribution in [3.8, 4) is 12.3 Å². The van der Waals surface area contributed by atoms with E-state index < -0.39 is 0 Å². The normalized spacial score (nSPS) is 20.7. The minimum Gasteiger partial charge on any atom is -0.318 e. The van der Waals surface area contributed by atoms with Crippen LogP contribution >= 0.6 is 0 Å². The molecular formula is C9H17N3. The van der Waals surface area contributed by atoms with Gasteiger partial charge in [-0.2, -0.15) is 0 Å². The van der Waals surface area contributed by atoms with Crippen LogP contribution in [0.25, 0.3) is 0 Å². The summed E-state index contributed by atoms with van der Waals surface area (Å²) < 4.78 is 0. The lowest BCUT2D eigenvalue weighted by Crippen LogP contribution is -2.48. The maximum Gasteiger partial charge on any atom is 0.0456 e. The average Bonchev–Trinajstić information content (AvgIpc) is 2.15. The van der Waals surface area contributed by atoms with Crippen LogP contribution in [-0.4, -0.2) is 49.2 Å². The van der Waals surface area contributed by atoms with Gasteiger partial charge in [-0.15, -0.1) is 12.3 Å². The molecule has 2 N–H and O–H groups in total. The topological polar surface area (TPSA) is 32.5 Å². The Balaban J connectivity index is 2.14. The van der Waals surface area contributed by atoms with Crippen LogP contribution in [0, 0.1) is 12.3 Å². The zero-order valence-electron chi connectivity index (χ0n) is 7.50. The van der Waals surface area contributed by atoms with Gasteiger partial charge >= 0.3 is 0 Å². The fraction of sp³-hybridized carbons (Fsp3) is 0.778. The molecule has 3 heteroatoms. The second-order valence-electron chi connectivity index (χ2n) is 3.10. The second-order valence-corrected chi connectivity index (χ2v) is 3.10. The second kappa shape index (κ2) is 5.15. The molecule has 1 heterocycles. The van der Waals surface area contributed by atoms with E-state index in [-0.39, 0.29) is 0 Å². The summed E-state index contributed by atoms with van der Waals surface area (Å²) in [5, 5.41) is 0. The third-order valence-electron chi connectivity index (χ3n) is 2.30. The maximum atomic E-state index is 5.52. The number of rotatable bonds is 3. The summed E-state index contributed by atoms with van der Waals surface area (Å²) in [6.07, 6.45) is 6.06. The van der Waals surface area contributed by atoms with Crippen molar-refractivity contribution in [1.29, 1.82) is 0 Å². The molecule has 1 fully saturated rings. The summed E-state index contributed by atoms with van der Waals surface area (Å²) in [4.78, 5) is 4.65. The third kappa shape index (κ3) is 2.82. The van der Waals surface area contributed by atoms with E-state index in [2.05, 4.69) is 15.7 Å². The Bertz CT molecular complexity index is 154. The molecule has 0 saturated carbocycles. The predicted octanol–water partition coefficient (Wildman–Crippen LogP) is -0.456. The maximum absolute atomic E-state index is 5.52. The number of nitrogens with zero attached hydrogens (tertiary/aromatic N) is 2. The first kappa shape index (κ1) is 9.53. The van der Waals surface area contributed by atoms with Gasteiger partial charge in [0.2, 0.25) is 0 Å². The molecule has 0 aromatic carbocycles. The molecule has 12 heavy (non-hydrogen) atoms. The summed E-state index contributed by atoms with van der Waals surface area (Å²) in [5.74, 6) is 2.66. The lowest BCUT2D eigenvalue weighted by Gasteiger charge is -2.33. The molecule has 68 valence electrons. The Morgan fingerprint density at radius 1 is 1.17 bits per heavy atom. The molecule has 1 rings (SSSR count). The zero-order chi connectivity index (χ0) is 8.81. The van der Waals surface area contributed by atoms with Gasteiger partial charge in [-0.1, -0.05) is 0 Å². The van der Waals surface area contributed by atoms with E-state index in [9.17, 15) is 0 Å². The minimum absolute atomic E-state index is 0.684. The van der Waals surface area contributed by atoms with Gasteiger partial charge in [-0.3, -0.25) is 9.80 Å². The first-order valence-corrected chi connectivity index (χ1v) is 4.45. The van der Waals surface area contributed by atoms with Gasteiger partial charge < -0.3 is 5.73 Å². The summed E-state index contributed by atoms with van der Waals surface area (Å²) in [6, 6.07) is 0. The van der Waals surface area contributed by atoms with Crippen LogP contribution in [0.2, 0.25) is 0 Å². The van der Waals surface area contributed by atoms with Crippen molar-refractivity contribution >= 4 is 0 Å². The summed E-state index contributed by atoms with van der Waals surface area (Å²) in [7, 11) is 0. The van der Waals surface area contributed by atoms with E-state index >= 15 is 0 Å². The molecule has 0 unspecified atom stereocenters. The van der Waals surface area contributed by atoms with Gasteiger partial charge in [-0.25, -0.2) is 0 Å². The van der Waals surface area contributed by atoms with Crippen molar-refractivity contribution in [3.63, 3.8) is 0 Å². The van der Waals surface area contributed by atoms with Crippen molar-refractivity contribution in [2.75, 3.05) is 39.4 Å². The zero-order valence-corrected chi connectivity index (χ0v) is 7.50. The first-order chi connectivity index (χ1) is 5.86. The van der Waals surface area contributed by atoms with Crippen LogP contribution < -0.4 is 5.73 Å². The van der Waals surface area contributed by atoms with Crippen molar-refractivity contribution < 1.29 is 0 Å². The Morgan fingerprint density at radius 3 is 2.25 bits per heavy atom. The van der Waals surface area contributed by atoms with E-state index in [0.717, 1.165) is 39.1 Å². The van der Waals surface area contributed by atoms with Gasteiger partial charge in [0.15, 0.2) is 0 Å². The third-order valence-corrected chi connectivity index (χ3v) is 2.30. The molecule has 1 aliphatic rings. The highest BCUT2D eigenvalue weighted by Gasteiger charge is 2.13. The van der Waals surface area contributed by atoms with Crippen molar-refractivity contribution in [1.82, 2.24) is 9.80 Å². The lowest BCUT2D eigenvalue weighted by atomic mass is 10.3. The highest BCUT2D eigenvalue weighted by Crippen LogP contribution is 1.99. The SMILES string of the molecule is C#CCCN1CCN(CN)CC1. The highest BCUT2D eigenvalue weighted by atomic mass is 15.3. The minimum atomic E-state index is 0.684. The van der Waals surface area contributed by atoms with Crippen molar-refractivity contribution in [2.24, 2.45) is 5.73 Å². The van der Waals surface area contributed by atoms with Crippen LogP contribution in [0.15, 0.2) is 0 Å². The number of hydrogen-bond acceptors (Lipinski definition) is 3. The fourth-order valence-corrected chi connectivity index (χ4v) is 1.42. The monoisotopic (exact) mass is 167 g/mol. The number of hydrogen-bond donors (Lipinski definition) is 1. The molecule has 0 spiro atoms. The molecule has 1 saturated heterocycles. The molecule has 0 bridgehead atoms. The fourth-order valence-electron chi connectivity index (χ4n) is 1.42. The van der Waals surface area contributed by atoms with Crippen molar-refractivity contribution in [3.05, 3.63) is 0 Å². The number of piperazine rings is 1. The molecule has 0 aromatic heterocycles. The van der Waals surface area contributed by atoms with Gasteiger partial charge in [0.25, 0.3) is 0 Å². The Kier molecular flexibility index (Phi) is 4.09. The summed E-state index contributed by atoms with van der Waals surface area (Å²) in [5.41, 5.74) is 5.52. The molecule has 0 amide bonds. The Labute approximate surface area is 74.5 Å². The Morgan fingerprint density at radius 2 is 1.75 bits per heavy atom. The highest BCUT2D eigenvalue weighted by molar-refractivity contribution is 4.85. The van der Waals surface area contributed by atoms with E-state index in [1.807, 2.05) is 0 Å². The molecule has 3 nitrogen and oxygen atoms in total. The van der Waals surface area contributed by atoms with E-state index in [0.29, 0.717) is 6.67 Å².